The number of nitrogen functional groups attached to an aromatic ring is 1. The lowest BCUT2D eigenvalue weighted by Crippen LogP contribution is -2.07. The van der Waals surface area contributed by atoms with Gasteiger partial charge in [0.15, 0.2) is 0 Å². The summed E-state index contributed by atoms with van der Waals surface area (Å²) in [5.41, 5.74) is 12.1. The molecule has 0 saturated heterocycles. The second kappa shape index (κ2) is 10.7. The second-order valence-corrected chi connectivity index (χ2v) is 8.09. The normalized spacial score (nSPS) is 10.6. The van der Waals surface area contributed by atoms with Crippen LogP contribution in [0.25, 0.3) is 10.8 Å². The number of alkyl halides is 1. The van der Waals surface area contributed by atoms with E-state index in [0.717, 1.165) is 27.7 Å². The van der Waals surface area contributed by atoms with Crippen LogP contribution in [0, 0.1) is 13.8 Å². The van der Waals surface area contributed by atoms with E-state index in [1.807, 2.05) is 12.1 Å². The van der Waals surface area contributed by atoms with Gasteiger partial charge in [0.1, 0.15) is 23.8 Å². The monoisotopic (exact) mass is 556 g/mol. The van der Waals surface area contributed by atoms with E-state index in [4.69, 9.17) is 5.73 Å². The highest BCUT2D eigenvalue weighted by atomic mass is 79.9. The third kappa shape index (κ3) is 5.37. The molecule has 4 aromatic rings. The molecule has 32 heavy (non-hydrogen) atoms. The van der Waals surface area contributed by atoms with Crippen LogP contribution >= 0.6 is 32.9 Å². The maximum Gasteiger partial charge on any atom is 0.131 e. The highest BCUT2D eigenvalue weighted by molar-refractivity contribution is 9.08. The van der Waals surface area contributed by atoms with Crippen LogP contribution in [0.4, 0.5) is 17.5 Å². The van der Waals surface area contributed by atoms with Gasteiger partial charge in [0.2, 0.25) is 0 Å². The molecule has 0 aliphatic heterocycles. The topological polar surface area (TPSA) is 88.8 Å². The van der Waals surface area contributed by atoms with Crippen LogP contribution in [0.3, 0.4) is 0 Å². The van der Waals surface area contributed by atoms with Crippen LogP contribution in [0.2, 0.25) is 0 Å². The smallest absolute Gasteiger partial charge is 0.131 e. The largest absolute Gasteiger partial charge is 0.383 e. The van der Waals surface area contributed by atoms with Crippen molar-refractivity contribution in [3.63, 3.8) is 0 Å². The van der Waals surface area contributed by atoms with E-state index < -0.39 is 0 Å². The van der Waals surface area contributed by atoms with Gasteiger partial charge in [-0.25, -0.2) is 15.0 Å². The quantitative estimate of drug-likeness (QED) is 0.244. The van der Waals surface area contributed by atoms with Crippen LogP contribution in [-0.2, 0) is 18.4 Å². The molecule has 2 aromatic carbocycles. The van der Waals surface area contributed by atoms with Crippen molar-refractivity contribution < 1.29 is 0 Å². The van der Waals surface area contributed by atoms with Crippen LogP contribution in [-0.4, -0.2) is 15.0 Å². The number of nitrogens with zero attached hydrogens (tertiary/aromatic N) is 3. The van der Waals surface area contributed by atoms with Crippen LogP contribution in [0.15, 0.2) is 55.0 Å². The van der Waals surface area contributed by atoms with Crippen molar-refractivity contribution in [2.45, 2.75) is 32.3 Å². The Morgan fingerprint density at radius 2 is 1.50 bits per heavy atom. The molecule has 0 amide bonds. The Hall–Kier alpha value is -2.71. The Morgan fingerprint density at radius 3 is 2.19 bits per heavy atom. The van der Waals surface area contributed by atoms with Crippen molar-refractivity contribution in [1.29, 1.82) is 0 Å². The number of nitrogens with one attached hydrogen (secondary N) is 2. The number of rotatable bonds is 7. The van der Waals surface area contributed by atoms with Gasteiger partial charge in [0, 0.05) is 36.1 Å². The molecule has 4 rings (SSSR count). The highest BCUT2D eigenvalue weighted by Crippen LogP contribution is 2.28. The first-order valence-electron chi connectivity index (χ1n) is 10.1. The SMILES string of the molecule is Br.Cc1cc2c(N)nccc2c(C)c1CNc1cc(NCc2ccc(CBr)cc2)ncn1. The predicted octanol–water partition coefficient (Wildman–Crippen LogP) is 5.92. The fourth-order valence-electron chi connectivity index (χ4n) is 3.67. The van der Waals surface area contributed by atoms with Gasteiger partial charge in [0.05, 0.1) is 0 Å². The van der Waals surface area contributed by atoms with Crippen LogP contribution in [0.5, 0.6) is 0 Å². The van der Waals surface area contributed by atoms with Gasteiger partial charge in [-0.15, -0.1) is 17.0 Å². The number of halogens is 2. The summed E-state index contributed by atoms with van der Waals surface area (Å²) in [5.74, 6) is 2.13. The second-order valence-electron chi connectivity index (χ2n) is 7.53. The number of hydrogen-bond acceptors (Lipinski definition) is 6. The molecule has 2 heterocycles. The number of fused-ring (bicyclic) bond motifs is 1. The van der Waals surface area contributed by atoms with Gasteiger partial charge in [-0.05, 0) is 59.2 Å². The Kier molecular flexibility index (Phi) is 8.04. The summed E-state index contributed by atoms with van der Waals surface area (Å²) in [6.45, 7) is 5.60. The fraction of sp³-hybridized carbons (Fsp3) is 0.208. The zero-order valence-corrected chi connectivity index (χ0v) is 21.3. The molecule has 4 N–H and O–H groups in total. The van der Waals surface area contributed by atoms with E-state index in [9.17, 15) is 0 Å². The summed E-state index contributed by atoms with van der Waals surface area (Å²) < 4.78 is 0. The van der Waals surface area contributed by atoms with E-state index in [-0.39, 0.29) is 17.0 Å². The van der Waals surface area contributed by atoms with Gasteiger partial charge >= 0.3 is 0 Å². The molecule has 0 aliphatic rings. The molecule has 0 bridgehead atoms. The summed E-state index contributed by atoms with van der Waals surface area (Å²) in [6, 6.07) is 14.5. The van der Waals surface area contributed by atoms with Gasteiger partial charge < -0.3 is 16.4 Å². The van der Waals surface area contributed by atoms with Gasteiger partial charge in [-0.1, -0.05) is 40.2 Å². The van der Waals surface area contributed by atoms with Crippen molar-refractivity contribution in [2.75, 3.05) is 16.4 Å². The lowest BCUT2D eigenvalue weighted by molar-refractivity contribution is 1.04. The Bertz CT molecular complexity index is 1210. The number of benzene rings is 2. The molecule has 2 aromatic heterocycles. The maximum atomic E-state index is 6.06. The molecule has 0 atom stereocenters. The number of anilines is 3. The molecule has 0 unspecified atom stereocenters. The minimum absolute atomic E-state index is 0. The molecule has 0 fully saturated rings. The van der Waals surface area contributed by atoms with E-state index in [1.54, 1.807) is 12.5 Å². The summed E-state index contributed by atoms with van der Waals surface area (Å²) in [5, 5.41) is 9.79. The Morgan fingerprint density at radius 1 is 0.844 bits per heavy atom. The van der Waals surface area contributed by atoms with Gasteiger partial charge in [-0.3, -0.25) is 0 Å². The van der Waals surface area contributed by atoms with Gasteiger partial charge in [0.25, 0.3) is 0 Å². The number of pyridine rings is 1. The minimum atomic E-state index is 0. The van der Waals surface area contributed by atoms with Gasteiger partial charge in [-0.2, -0.15) is 0 Å². The van der Waals surface area contributed by atoms with E-state index in [0.29, 0.717) is 18.9 Å². The molecule has 6 nitrogen and oxygen atoms in total. The summed E-state index contributed by atoms with van der Waals surface area (Å²) in [7, 11) is 0. The molecular formula is C24H26Br2N6. The number of aromatic nitrogens is 3. The van der Waals surface area contributed by atoms with Crippen LogP contribution < -0.4 is 16.4 Å². The van der Waals surface area contributed by atoms with Crippen molar-refractivity contribution in [1.82, 2.24) is 15.0 Å². The van der Waals surface area contributed by atoms with E-state index >= 15 is 0 Å². The van der Waals surface area contributed by atoms with E-state index in [2.05, 4.69) is 85.7 Å². The first kappa shape index (κ1) is 23.9. The fourth-order valence-corrected chi connectivity index (χ4v) is 4.04. The lowest BCUT2D eigenvalue weighted by Gasteiger charge is -2.15. The third-order valence-electron chi connectivity index (χ3n) is 5.48. The average molecular weight is 558 g/mol. The number of aryl methyl sites for hydroxylation is 2. The number of nitrogens with two attached hydrogens (primary N) is 1. The molecular weight excluding hydrogens is 532 g/mol. The molecule has 8 heteroatoms. The maximum absolute atomic E-state index is 6.06. The Balaban J connectivity index is 0.00000289. The molecule has 0 spiro atoms. The predicted molar refractivity (Wildman–Crippen MR) is 142 cm³/mol. The van der Waals surface area contributed by atoms with Crippen molar-refractivity contribution >= 4 is 61.1 Å². The van der Waals surface area contributed by atoms with Crippen molar-refractivity contribution in [3.05, 3.63) is 82.8 Å². The van der Waals surface area contributed by atoms with Crippen molar-refractivity contribution in [2.24, 2.45) is 0 Å². The highest BCUT2D eigenvalue weighted by Gasteiger charge is 2.10. The van der Waals surface area contributed by atoms with Crippen LogP contribution in [0.1, 0.15) is 27.8 Å². The summed E-state index contributed by atoms with van der Waals surface area (Å²) in [4.78, 5) is 12.9. The summed E-state index contributed by atoms with van der Waals surface area (Å²) in [6.07, 6.45) is 3.33. The van der Waals surface area contributed by atoms with Crippen molar-refractivity contribution in [3.8, 4) is 0 Å². The molecule has 0 aliphatic carbocycles. The summed E-state index contributed by atoms with van der Waals surface area (Å²) >= 11 is 3.47. The molecule has 0 radical (unpaired) electrons. The Labute approximate surface area is 207 Å². The zero-order chi connectivity index (χ0) is 21.8. The molecule has 0 saturated carbocycles. The zero-order valence-electron chi connectivity index (χ0n) is 18.0. The third-order valence-corrected chi connectivity index (χ3v) is 6.13. The first-order valence-corrected chi connectivity index (χ1v) is 11.2. The number of hydrogen-bond donors (Lipinski definition) is 3. The lowest BCUT2D eigenvalue weighted by atomic mass is 9.96. The molecule has 166 valence electrons. The van der Waals surface area contributed by atoms with E-state index in [1.165, 1.54) is 27.8 Å². The first-order chi connectivity index (χ1) is 15.0. The minimum Gasteiger partial charge on any atom is -0.383 e. The average Bonchev–Trinajstić information content (AvgIpc) is 2.79. The standard InChI is InChI=1S/C24H25BrN6.BrH/c1-15-9-20-19(7-8-27-24(20)26)16(2)21(15)13-29-23-10-22(30-14-31-23)28-12-18-5-3-17(11-25)4-6-18;/h3-10,14H,11-13H2,1-2H3,(H2,26,27)(H2,28,29,30,31);1H.